The van der Waals surface area contributed by atoms with Crippen LogP contribution in [0.2, 0.25) is 5.02 Å². The molecule has 0 bridgehead atoms. The van der Waals surface area contributed by atoms with E-state index in [1.807, 2.05) is 0 Å². The number of nitrogens with one attached hydrogen (secondary N) is 1. The monoisotopic (exact) mass is 331 g/mol. The van der Waals surface area contributed by atoms with Gasteiger partial charge in [0.1, 0.15) is 4.90 Å². The molecule has 1 aromatic carbocycles. The van der Waals surface area contributed by atoms with E-state index in [-0.39, 0.29) is 18.0 Å². The van der Waals surface area contributed by atoms with Gasteiger partial charge in [0, 0.05) is 11.6 Å². The summed E-state index contributed by atoms with van der Waals surface area (Å²) in [6.07, 6.45) is 0. The van der Waals surface area contributed by atoms with Crippen LogP contribution in [0, 0.1) is 6.92 Å². The maximum Gasteiger partial charge on any atom is 0.242 e. The number of hydrogen-bond acceptors (Lipinski definition) is 4. The smallest absolute Gasteiger partial charge is 0.242 e. The number of halogens is 1. The molecule has 0 saturated carbocycles. The minimum absolute atomic E-state index is 0.113. The number of aryl methyl sites for hydroxylation is 1. The third-order valence-corrected chi connectivity index (χ3v) is 6.03. The van der Waals surface area contributed by atoms with Crippen molar-refractivity contribution < 1.29 is 13.5 Å². The van der Waals surface area contributed by atoms with Crippen LogP contribution in [0.15, 0.2) is 34.5 Å². The van der Waals surface area contributed by atoms with Crippen molar-refractivity contribution in [2.24, 2.45) is 0 Å². The fraction of sp³-hybridized carbons (Fsp3) is 0.231. The molecule has 0 saturated heterocycles. The molecular formula is C13H14ClNO3S2. The third kappa shape index (κ3) is 3.21. The highest BCUT2D eigenvalue weighted by Gasteiger charge is 2.22. The first-order valence-electron chi connectivity index (χ1n) is 5.86. The van der Waals surface area contributed by atoms with E-state index in [2.05, 4.69) is 4.72 Å². The highest BCUT2D eigenvalue weighted by molar-refractivity contribution is 7.89. The van der Waals surface area contributed by atoms with Gasteiger partial charge in [0.15, 0.2) is 0 Å². The van der Waals surface area contributed by atoms with E-state index in [1.54, 1.807) is 36.6 Å². The van der Waals surface area contributed by atoms with Crippen molar-refractivity contribution in [2.45, 2.75) is 25.0 Å². The van der Waals surface area contributed by atoms with Crippen molar-refractivity contribution in [3.63, 3.8) is 0 Å². The molecule has 2 aromatic rings. The first-order chi connectivity index (χ1) is 9.45. The SMILES string of the molecule is Cc1csc(CO)c1S(=O)(=O)NCc1ccccc1Cl. The van der Waals surface area contributed by atoms with Crippen molar-refractivity contribution in [3.05, 3.63) is 50.7 Å². The predicted molar refractivity (Wildman–Crippen MR) is 80.5 cm³/mol. The Bertz CT molecular complexity index is 710. The van der Waals surface area contributed by atoms with E-state index < -0.39 is 10.0 Å². The minimum atomic E-state index is -3.66. The summed E-state index contributed by atoms with van der Waals surface area (Å²) in [6.45, 7) is 1.53. The Morgan fingerprint density at radius 3 is 2.70 bits per heavy atom. The lowest BCUT2D eigenvalue weighted by molar-refractivity contribution is 0.282. The van der Waals surface area contributed by atoms with E-state index in [0.29, 0.717) is 21.0 Å². The predicted octanol–water partition coefficient (Wildman–Crippen LogP) is 2.68. The Balaban J connectivity index is 2.24. The molecule has 2 rings (SSSR count). The highest BCUT2D eigenvalue weighted by atomic mass is 35.5. The Labute approximate surface area is 127 Å². The Morgan fingerprint density at radius 2 is 2.05 bits per heavy atom. The number of thiophene rings is 1. The fourth-order valence-electron chi connectivity index (χ4n) is 1.84. The van der Waals surface area contributed by atoms with E-state index in [4.69, 9.17) is 11.6 Å². The van der Waals surface area contributed by atoms with E-state index in [9.17, 15) is 13.5 Å². The van der Waals surface area contributed by atoms with Gasteiger partial charge in [0.25, 0.3) is 0 Å². The molecule has 20 heavy (non-hydrogen) atoms. The molecule has 0 fully saturated rings. The van der Waals surface area contributed by atoms with Gasteiger partial charge in [-0.3, -0.25) is 0 Å². The van der Waals surface area contributed by atoms with E-state index in [0.717, 1.165) is 0 Å². The second kappa shape index (κ2) is 6.24. The van der Waals surface area contributed by atoms with Gasteiger partial charge in [-0.15, -0.1) is 11.3 Å². The molecule has 0 spiro atoms. The minimum Gasteiger partial charge on any atom is -0.391 e. The van der Waals surface area contributed by atoms with Crippen LogP contribution in [0.4, 0.5) is 0 Å². The van der Waals surface area contributed by atoms with Crippen molar-refractivity contribution in [1.82, 2.24) is 4.72 Å². The molecule has 0 aliphatic rings. The highest BCUT2D eigenvalue weighted by Crippen LogP contribution is 2.27. The summed E-state index contributed by atoms with van der Waals surface area (Å²) >= 11 is 7.23. The summed E-state index contributed by atoms with van der Waals surface area (Å²) in [5, 5.41) is 11.5. The lowest BCUT2D eigenvalue weighted by Crippen LogP contribution is -2.24. The number of rotatable bonds is 5. The van der Waals surface area contributed by atoms with Gasteiger partial charge in [0.05, 0.1) is 11.5 Å². The molecule has 1 aromatic heterocycles. The fourth-order valence-corrected chi connectivity index (χ4v) is 4.71. The summed E-state index contributed by atoms with van der Waals surface area (Å²) in [6, 6.07) is 7.05. The normalized spacial score (nSPS) is 11.8. The van der Waals surface area contributed by atoms with Crippen molar-refractivity contribution in [2.75, 3.05) is 0 Å². The second-order valence-electron chi connectivity index (χ2n) is 4.25. The van der Waals surface area contributed by atoms with Crippen LogP contribution in [0.1, 0.15) is 16.0 Å². The molecule has 0 amide bonds. The maximum atomic E-state index is 12.3. The second-order valence-corrected chi connectivity index (χ2v) is 7.32. The van der Waals surface area contributed by atoms with E-state index >= 15 is 0 Å². The van der Waals surface area contributed by atoms with Gasteiger partial charge >= 0.3 is 0 Å². The van der Waals surface area contributed by atoms with Crippen LogP contribution in [-0.2, 0) is 23.2 Å². The van der Waals surface area contributed by atoms with Gasteiger partial charge in [-0.2, -0.15) is 0 Å². The van der Waals surface area contributed by atoms with Gasteiger partial charge in [0.2, 0.25) is 10.0 Å². The molecule has 0 atom stereocenters. The molecule has 0 aliphatic heterocycles. The van der Waals surface area contributed by atoms with Gasteiger partial charge in [-0.05, 0) is 29.5 Å². The van der Waals surface area contributed by atoms with Crippen LogP contribution in [-0.4, -0.2) is 13.5 Å². The van der Waals surface area contributed by atoms with Crippen LogP contribution in [0.3, 0.4) is 0 Å². The summed E-state index contributed by atoms with van der Waals surface area (Å²) in [4.78, 5) is 0.603. The lowest BCUT2D eigenvalue weighted by atomic mass is 10.2. The number of aliphatic hydroxyl groups excluding tert-OH is 1. The van der Waals surface area contributed by atoms with Gasteiger partial charge < -0.3 is 5.11 Å². The number of aliphatic hydroxyl groups is 1. The van der Waals surface area contributed by atoms with Crippen molar-refractivity contribution in [3.8, 4) is 0 Å². The number of sulfonamides is 1. The van der Waals surface area contributed by atoms with Crippen molar-refractivity contribution >= 4 is 33.0 Å². The Morgan fingerprint density at radius 1 is 1.35 bits per heavy atom. The molecule has 108 valence electrons. The third-order valence-electron chi connectivity index (χ3n) is 2.81. The number of benzene rings is 1. The first-order valence-corrected chi connectivity index (χ1v) is 8.60. The van der Waals surface area contributed by atoms with Gasteiger partial charge in [-0.1, -0.05) is 29.8 Å². The molecule has 2 N–H and O–H groups in total. The van der Waals surface area contributed by atoms with Crippen LogP contribution < -0.4 is 4.72 Å². The summed E-state index contributed by atoms with van der Waals surface area (Å²) < 4.78 is 27.2. The molecule has 0 radical (unpaired) electrons. The molecule has 0 aliphatic carbocycles. The molecular weight excluding hydrogens is 318 g/mol. The molecule has 0 unspecified atom stereocenters. The Hall–Kier alpha value is -0.920. The van der Waals surface area contributed by atoms with Crippen LogP contribution in [0.25, 0.3) is 0 Å². The zero-order valence-electron chi connectivity index (χ0n) is 10.8. The maximum absolute atomic E-state index is 12.3. The van der Waals surface area contributed by atoms with Crippen molar-refractivity contribution in [1.29, 1.82) is 0 Å². The quantitative estimate of drug-likeness (QED) is 0.885. The molecule has 7 heteroatoms. The average molecular weight is 332 g/mol. The van der Waals surface area contributed by atoms with E-state index in [1.165, 1.54) is 11.3 Å². The standard InChI is InChI=1S/C13H14ClNO3S2/c1-9-8-19-12(7-16)13(9)20(17,18)15-6-10-4-2-3-5-11(10)14/h2-5,8,15-16H,6-7H2,1H3. The lowest BCUT2D eigenvalue weighted by Gasteiger charge is -2.09. The molecule has 1 heterocycles. The first kappa shape index (κ1) is 15.5. The average Bonchev–Trinajstić information content (AvgIpc) is 2.80. The van der Waals surface area contributed by atoms with Crippen LogP contribution in [0.5, 0.6) is 0 Å². The zero-order chi connectivity index (χ0) is 14.8. The molecule has 4 nitrogen and oxygen atoms in total. The topological polar surface area (TPSA) is 66.4 Å². The van der Waals surface area contributed by atoms with Gasteiger partial charge in [-0.25, -0.2) is 13.1 Å². The Kier molecular flexibility index (Phi) is 4.82. The number of hydrogen-bond donors (Lipinski definition) is 2. The summed E-state index contributed by atoms with van der Waals surface area (Å²) in [7, 11) is -3.66. The largest absolute Gasteiger partial charge is 0.391 e. The zero-order valence-corrected chi connectivity index (χ0v) is 13.1. The summed E-state index contributed by atoms with van der Waals surface area (Å²) in [5.41, 5.74) is 1.34. The van der Waals surface area contributed by atoms with Crippen LogP contribution >= 0.6 is 22.9 Å². The summed E-state index contributed by atoms with van der Waals surface area (Å²) in [5.74, 6) is 0.